The largest absolute Gasteiger partial charge is 0.502 e. The molecule has 0 amide bonds. The predicted molar refractivity (Wildman–Crippen MR) is 41.3 cm³/mol. The van der Waals surface area contributed by atoms with Crippen LogP contribution in [-0.4, -0.2) is 19.3 Å². The highest BCUT2D eigenvalue weighted by Gasteiger charge is 2.10. The minimum Gasteiger partial charge on any atom is -0.502 e. The Hall–Kier alpha value is -1.58. The summed E-state index contributed by atoms with van der Waals surface area (Å²) >= 11 is 0. The summed E-state index contributed by atoms with van der Waals surface area (Å²) < 4.78 is 9.48. The summed E-state index contributed by atoms with van der Waals surface area (Å²) in [5, 5.41) is 20.2. The van der Waals surface area contributed by atoms with Gasteiger partial charge in [0.1, 0.15) is 0 Å². The zero-order valence-corrected chi connectivity index (χ0v) is 6.83. The molecule has 0 aliphatic carbocycles. The second kappa shape index (κ2) is 3.21. The lowest BCUT2D eigenvalue weighted by molar-refractivity contribution is 0.318. The number of benzene rings is 1. The highest BCUT2D eigenvalue weighted by molar-refractivity contribution is 5.54. The van der Waals surface area contributed by atoms with Gasteiger partial charge in [-0.15, -0.1) is 0 Å². The second-order valence-electron chi connectivity index (χ2n) is 2.18. The molecular formula is C8H9O4. The van der Waals surface area contributed by atoms with Crippen molar-refractivity contribution in [2.24, 2.45) is 0 Å². The molecule has 1 radical (unpaired) electrons. The van der Waals surface area contributed by atoms with Gasteiger partial charge < -0.3 is 14.6 Å². The zero-order valence-electron chi connectivity index (χ0n) is 6.83. The van der Waals surface area contributed by atoms with E-state index in [9.17, 15) is 10.2 Å². The number of ether oxygens (including phenoxy) is 2. The third kappa shape index (κ3) is 1.37. The van der Waals surface area contributed by atoms with E-state index >= 15 is 0 Å². The van der Waals surface area contributed by atoms with Crippen molar-refractivity contribution in [1.82, 2.24) is 0 Å². The first-order valence-corrected chi connectivity index (χ1v) is 3.31. The average Bonchev–Trinajstić information content (AvgIpc) is 2.08. The Bertz CT molecular complexity index is 257. The topological polar surface area (TPSA) is 58.6 Å². The summed E-state index contributed by atoms with van der Waals surface area (Å²) in [6, 6.07) is 2.38. The van der Waals surface area contributed by atoms with Gasteiger partial charge >= 0.3 is 0 Å². The maximum Gasteiger partial charge on any atom is 0.201 e. The van der Waals surface area contributed by atoms with Crippen LogP contribution in [0.3, 0.4) is 0 Å². The van der Waals surface area contributed by atoms with Crippen LogP contribution in [0.1, 0.15) is 0 Å². The fourth-order valence-corrected chi connectivity index (χ4v) is 0.869. The summed E-state index contributed by atoms with van der Waals surface area (Å²) in [6.07, 6.45) is 0. The molecule has 1 N–H and O–H groups in total. The van der Waals surface area contributed by atoms with Gasteiger partial charge in [-0.1, -0.05) is 0 Å². The van der Waals surface area contributed by atoms with E-state index in [0.29, 0.717) is 0 Å². The number of hydrogen-bond donors (Lipinski definition) is 1. The van der Waals surface area contributed by atoms with Crippen molar-refractivity contribution < 1.29 is 19.7 Å². The fraction of sp³-hybridized carbons (Fsp3) is 0.250. The molecule has 0 fully saturated rings. The van der Waals surface area contributed by atoms with Crippen LogP contribution in [0.5, 0.6) is 23.0 Å². The second-order valence-corrected chi connectivity index (χ2v) is 2.18. The van der Waals surface area contributed by atoms with Crippen LogP contribution in [0.15, 0.2) is 12.1 Å². The first kappa shape index (κ1) is 8.52. The number of rotatable bonds is 2. The smallest absolute Gasteiger partial charge is 0.201 e. The van der Waals surface area contributed by atoms with Crippen molar-refractivity contribution in [2.45, 2.75) is 0 Å². The van der Waals surface area contributed by atoms with E-state index in [-0.39, 0.29) is 23.0 Å². The van der Waals surface area contributed by atoms with E-state index in [2.05, 4.69) is 0 Å². The number of methoxy groups -OCH3 is 2. The highest BCUT2D eigenvalue weighted by atomic mass is 16.5. The standard InChI is InChI=1S/C8H9O4/c1-11-6-3-5(9)4-7(12-2)8(6)10/h3-4,10H,1-2H3. The van der Waals surface area contributed by atoms with Gasteiger partial charge in [0.25, 0.3) is 0 Å². The number of aromatic hydroxyl groups is 1. The molecule has 0 saturated heterocycles. The highest BCUT2D eigenvalue weighted by Crippen LogP contribution is 2.39. The van der Waals surface area contributed by atoms with E-state index in [0.717, 1.165) is 0 Å². The molecule has 12 heavy (non-hydrogen) atoms. The van der Waals surface area contributed by atoms with Crippen LogP contribution in [0, 0.1) is 0 Å². The number of phenolic OH excluding ortho intramolecular Hbond substituents is 1. The van der Waals surface area contributed by atoms with Gasteiger partial charge in [-0.05, 0) is 0 Å². The van der Waals surface area contributed by atoms with E-state index in [1.807, 2.05) is 0 Å². The molecule has 65 valence electrons. The number of phenols is 1. The summed E-state index contributed by atoms with van der Waals surface area (Å²) in [4.78, 5) is 0. The van der Waals surface area contributed by atoms with Crippen LogP contribution in [0.4, 0.5) is 0 Å². The quantitative estimate of drug-likeness (QED) is 0.730. The number of hydrogen-bond acceptors (Lipinski definition) is 3. The van der Waals surface area contributed by atoms with Crippen molar-refractivity contribution in [3.63, 3.8) is 0 Å². The van der Waals surface area contributed by atoms with Crippen molar-refractivity contribution in [3.05, 3.63) is 12.1 Å². The molecule has 1 rings (SSSR count). The molecule has 0 unspecified atom stereocenters. The van der Waals surface area contributed by atoms with Crippen LogP contribution < -0.4 is 9.47 Å². The van der Waals surface area contributed by atoms with Crippen LogP contribution in [0.25, 0.3) is 0 Å². The molecule has 0 aliphatic heterocycles. The minimum absolute atomic E-state index is 0.124. The van der Waals surface area contributed by atoms with Gasteiger partial charge in [0.2, 0.25) is 5.75 Å². The maximum atomic E-state index is 10.9. The molecule has 4 nitrogen and oxygen atoms in total. The Balaban J connectivity index is 3.22. The predicted octanol–water partition coefficient (Wildman–Crippen LogP) is 1.55. The Kier molecular flexibility index (Phi) is 2.28. The zero-order chi connectivity index (χ0) is 9.14. The SMILES string of the molecule is COc1cc([O])cc(OC)c1O. The van der Waals surface area contributed by atoms with Gasteiger partial charge in [0.05, 0.1) is 14.2 Å². The first-order chi connectivity index (χ1) is 5.69. The fourth-order valence-electron chi connectivity index (χ4n) is 0.869. The Morgan fingerprint density at radius 2 is 1.58 bits per heavy atom. The summed E-state index contributed by atoms with van der Waals surface area (Å²) in [5.41, 5.74) is 0. The molecule has 0 bridgehead atoms. The minimum atomic E-state index is -0.262. The van der Waals surface area contributed by atoms with E-state index in [1.54, 1.807) is 0 Å². The van der Waals surface area contributed by atoms with E-state index in [1.165, 1.54) is 26.4 Å². The molecule has 1 aromatic carbocycles. The normalized spacial score (nSPS) is 9.50. The summed E-state index contributed by atoms with van der Waals surface area (Å²) in [6.45, 7) is 0. The molecular weight excluding hydrogens is 160 g/mol. The van der Waals surface area contributed by atoms with Gasteiger partial charge in [0.15, 0.2) is 17.2 Å². The van der Waals surface area contributed by atoms with Gasteiger partial charge in [-0.2, -0.15) is 0 Å². The molecule has 1 aromatic rings. The third-order valence-corrected chi connectivity index (χ3v) is 1.45. The molecule has 4 heteroatoms. The van der Waals surface area contributed by atoms with E-state index < -0.39 is 0 Å². The maximum absolute atomic E-state index is 10.9. The third-order valence-electron chi connectivity index (χ3n) is 1.45. The molecule has 0 spiro atoms. The Morgan fingerprint density at radius 1 is 1.17 bits per heavy atom. The van der Waals surface area contributed by atoms with Crippen molar-refractivity contribution in [3.8, 4) is 23.0 Å². The van der Waals surface area contributed by atoms with Crippen LogP contribution in [-0.2, 0) is 5.11 Å². The van der Waals surface area contributed by atoms with Crippen LogP contribution in [0.2, 0.25) is 0 Å². The van der Waals surface area contributed by atoms with E-state index in [4.69, 9.17) is 9.47 Å². The Morgan fingerprint density at radius 3 is 1.92 bits per heavy atom. The van der Waals surface area contributed by atoms with Crippen LogP contribution >= 0.6 is 0 Å². The lowest BCUT2D eigenvalue weighted by atomic mass is 10.3. The first-order valence-electron chi connectivity index (χ1n) is 3.31. The monoisotopic (exact) mass is 169 g/mol. The van der Waals surface area contributed by atoms with Gasteiger partial charge in [-0.3, -0.25) is 5.11 Å². The van der Waals surface area contributed by atoms with Gasteiger partial charge in [-0.25, -0.2) is 0 Å². The van der Waals surface area contributed by atoms with Crippen molar-refractivity contribution in [2.75, 3.05) is 14.2 Å². The lowest BCUT2D eigenvalue weighted by Crippen LogP contribution is -1.87. The summed E-state index contributed by atoms with van der Waals surface area (Å²) in [5.74, 6) is -0.167. The lowest BCUT2D eigenvalue weighted by Gasteiger charge is -2.06. The molecule has 0 atom stereocenters. The summed E-state index contributed by atoms with van der Waals surface area (Å²) in [7, 11) is 2.74. The van der Waals surface area contributed by atoms with Crippen molar-refractivity contribution >= 4 is 0 Å². The Labute approximate surface area is 70.0 Å². The molecule has 0 aromatic heterocycles. The average molecular weight is 169 g/mol. The molecule has 0 aliphatic rings. The van der Waals surface area contributed by atoms with Gasteiger partial charge in [0, 0.05) is 12.1 Å². The molecule has 0 saturated carbocycles. The molecule has 0 heterocycles. The van der Waals surface area contributed by atoms with Crippen molar-refractivity contribution in [1.29, 1.82) is 0 Å².